The number of nitrogens with zero attached hydrogens (tertiary/aromatic N) is 1. The molecule has 0 aromatic heterocycles. The molecule has 252 valence electrons. The molecule has 7 nitrogen and oxygen atoms in total. The lowest BCUT2D eigenvalue weighted by molar-refractivity contribution is -0.133. The molecule has 2 N–H and O–H groups in total. The molecule has 1 atom stereocenters. The maximum absolute atomic E-state index is 13.6. The van der Waals surface area contributed by atoms with E-state index in [1.165, 1.54) is 7.05 Å². The smallest absolute Gasteiger partial charge is 0.251 e. The number of hydrogen-bond acceptors (Lipinski definition) is 4. The Labute approximate surface area is 286 Å². The lowest BCUT2D eigenvalue weighted by Gasteiger charge is -2.46. The molecule has 2 fully saturated rings. The largest absolute Gasteiger partial charge is 0.413 e. The normalized spacial score (nSPS) is 20.6. The molecular weight excluding hydrogens is 637 g/mol. The molecule has 10 heteroatoms. The lowest BCUT2D eigenvalue weighted by Crippen LogP contribution is -2.51. The van der Waals surface area contributed by atoms with E-state index in [4.69, 9.17) is 27.6 Å². The number of carbonyl (C=O) groups excluding carboxylic acids is 3. The summed E-state index contributed by atoms with van der Waals surface area (Å²) >= 11 is 13.6. The van der Waals surface area contributed by atoms with Crippen molar-refractivity contribution >= 4 is 49.2 Å². The summed E-state index contributed by atoms with van der Waals surface area (Å²) in [5.74, 6) is -0.520. The van der Waals surface area contributed by atoms with E-state index in [1.807, 2.05) is 24.3 Å². The van der Waals surface area contributed by atoms with E-state index in [1.54, 1.807) is 12.1 Å². The standard InChI is InChI=1S/C36H51Cl2N3O4Si/c1-22(2)46(23(3)4,24(5)6)45-30-14-12-29(13-15-30)41-17-16-27(36(41)44)18-31-32(37)19-28(20-33(31)38)25-8-10-26(11-9-25)35(43)40-21-34(42)39-7/h8-11,19-20,22-24,27,29-30H,12-18,21H2,1-7H3,(H,39,42)(H,40,43)/t27-,29?,30?/m0/s1. The van der Waals surface area contributed by atoms with E-state index >= 15 is 0 Å². The van der Waals surface area contributed by atoms with Gasteiger partial charge in [-0.15, -0.1) is 0 Å². The molecule has 0 bridgehead atoms. The Morgan fingerprint density at radius 2 is 1.46 bits per heavy atom. The van der Waals surface area contributed by atoms with Crippen molar-refractivity contribution in [2.45, 2.75) is 109 Å². The van der Waals surface area contributed by atoms with Crippen molar-refractivity contribution in [1.82, 2.24) is 15.5 Å². The summed E-state index contributed by atoms with van der Waals surface area (Å²) in [6, 6.07) is 11.1. The maximum Gasteiger partial charge on any atom is 0.251 e. The van der Waals surface area contributed by atoms with Gasteiger partial charge in [0, 0.05) is 47.3 Å². The quantitative estimate of drug-likeness (QED) is 0.221. The van der Waals surface area contributed by atoms with Crippen LogP contribution < -0.4 is 10.6 Å². The zero-order valence-electron chi connectivity index (χ0n) is 28.4. The van der Waals surface area contributed by atoms with Crippen molar-refractivity contribution in [1.29, 1.82) is 0 Å². The van der Waals surface area contributed by atoms with Crippen molar-refractivity contribution < 1.29 is 18.8 Å². The number of benzene rings is 2. The number of likely N-dealkylation sites (tertiary alicyclic amines) is 1. The van der Waals surface area contributed by atoms with E-state index in [9.17, 15) is 14.4 Å². The van der Waals surface area contributed by atoms with Gasteiger partial charge in [-0.25, -0.2) is 0 Å². The monoisotopic (exact) mass is 687 g/mol. The van der Waals surface area contributed by atoms with Crippen LogP contribution in [0.15, 0.2) is 36.4 Å². The summed E-state index contributed by atoms with van der Waals surface area (Å²) in [5.41, 5.74) is 4.64. The van der Waals surface area contributed by atoms with Gasteiger partial charge in [-0.05, 0) is 96.1 Å². The number of hydrogen-bond donors (Lipinski definition) is 2. The average Bonchev–Trinajstić information content (AvgIpc) is 3.39. The molecule has 0 spiro atoms. The van der Waals surface area contributed by atoms with Gasteiger partial charge >= 0.3 is 0 Å². The minimum atomic E-state index is -1.92. The van der Waals surface area contributed by atoms with Gasteiger partial charge in [0.15, 0.2) is 0 Å². The lowest BCUT2D eigenvalue weighted by atomic mass is 9.92. The Bertz CT molecular complexity index is 1350. The fourth-order valence-electron chi connectivity index (χ4n) is 7.86. The van der Waals surface area contributed by atoms with Crippen LogP contribution in [0, 0.1) is 5.92 Å². The molecule has 1 aliphatic carbocycles. The van der Waals surface area contributed by atoms with Crippen molar-refractivity contribution in [3.8, 4) is 11.1 Å². The van der Waals surface area contributed by atoms with Gasteiger partial charge in [0.05, 0.1) is 6.54 Å². The number of halogens is 2. The van der Waals surface area contributed by atoms with Crippen molar-refractivity contribution in [2.75, 3.05) is 20.1 Å². The second kappa shape index (κ2) is 15.7. The topological polar surface area (TPSA) is 87.7 Å². The second-order valence-corrected chi connectivity index (χ2v) is 20.2. The first-order valence-corrected chi connectivity index (χ1v) is 19.7. The molecule has 0 unspecified atom stereocenters. The van der Waals surface area contributed by atoms with E-state index in [0.717, 1.165) is 55.3 Å². The number of amides is 3. The fourth-order valence-corrected chi connectivity index (χ4v) is 14.1. The van der Waals surface area contributed by atoms with Crippen LogP contribution in [0.4, 0.5) is 0 Å². The Hall–Kier alpha value is -2.39. The highest BCUT2D eigenvalue weighted by Crippen LogP contribution is 2.45. The van der Waals surface area contributed by atoms with Crippen LogP contribution in [0.25, 0.3) is 11.1 Å². The van der Waals surface area contributed by atoms with Crippen molar-refractivity contribution in [3.63, 3.8) is 0 Å². The summed E-state index contributed by atoms with van der Waals surface area (Å²) in [6.07, 6.45) is 5.63. The Morgan fingerprint density at radius 3 is 1.98 bits per heavy atom. The number of nitrogens with one attached hydrogen (secondary N) is 2. The molecule has 4 rings (SSSR count). The average molecular weight is 689 g/mol. The fraction of sp³-hybridized carbons (Fsp3) is 0.583. The highest BCUT2D eigenvalue weighted by molar-refractivity contribution is 6.77. The highest BCUT2D eigenvalue weighted by atomic mass is 35.5. The van der Waals surface area contributed by atoms with Crippen LogP contribution in [0.5, 0.6) is 0 Å². The number of likely N-dealkylation sites (N-methyl/N-ethyl adjacent to an activating group) is 1. The SMILES string of the molecule is CNC(=O)CNC(=O)c1ccc(-c2cc(Cl)c(C[C@@H]3CCN(C4CCC(O[Si](C(C)C)(C(C)C)C(C)C)CC4)C3=O)c(Cl)c2)cc1. The summed E-state index contributed by atoms with van der Waals surface area (Å²) < 4.78 is 7.08. The Morgan fingerprint density at radius 1 is 0.891 bits per heavy atom. The third-order valence-corrected chi connectivity index (χ3v) is 17.1. The van der Waals surface area contributed by atoms with Gasteiger partial charge < -0.3 is 20.0 Å². The Kier molecular flexibility index (Phi) is 12.4. The van der Waals surface area contributed by atoms with Gasteiger partial charge in [0.25, 0.3) is 5.91 Å². The molecule has 2 aromatic rings. The first-order chi connectivity index (χ1) is 21.8. The second-order valence-electron chi connectivity index (χ2n) is 13.9. The molecule has 1 saturated carbocycles. The van der Waals surface area contributed by atoms with Crippen LogP contribution >= 0.6 is 23.2 Å². The predicted molar refractivity (Wildman–Crippen MR) is 190 cm³/mol. The van der Waals surface area contributed by atoms with Crippen LogP contribution in [-0.4, -0.2) is 63.2 Å². The number of rotatable bonds is 12. The van der Waals surface area contributed by atoms with Crippen molar-refractivity contribution in [2.24, 2.45) is 5.92 Å². The molecular formula is C36H51Cl2N3O4Si. The molecule has 0 radical (unpaired) electrons. The molecule has 2 aromatic carbocycles. The summed E-state index contributed by atoms with van der Waals surface area (Å²) in [4.78, 5) is 39.5. The Balaban J connectivity index is 1.35. The van der Waals surface area contributed by atoms with Crippen LogP contribution in [0.1, 0.15) is 89.6 Å². The molecule has 46 heavy (non-hydrogen) atoms. The third kappa shape index (κ3) is 8.00. The zero-order chi connectivity index (χ0) is 33.8. The van der Waals surface area contributed by atoms with Gasteiger partial charge in [0.1, 0.15) is 0 Å². The van der Waals surface area contributed by atoms with Crippen LogP contribution in [0.2, 0.25) is 26.7 Å². The van der Waals surface area contributed by atoms with E-state index in [2.05, 4.69) is 57.1 Å². The third-order valence-electron chi connectivity index (χ3n) is 10.3. The number of carbonyl (C=O) groups is 3. The predicted octanol–water partition coefficient (Wildman–Crippen LogP) is 8.03. The molecule has 1 heterocycles. The van der Waals surface area contributed by atoms with Crippen LogP contribution in [-0.2, 0) is 20.4 Å². The maximum atomic E-state index is 13.6. The van der Waals surface area contributed by atoms with Gasteiger partial charge in [-0.2, -0.15) is 0 Å². The zero-order valence-corrected chi connectivity index (χ0v) is 30.9. The van der Waals surface area contributed by atoms with E-state index < -0.39 is 8.32 Å². The van der Waals surface area contributed by atoms with Gasteiger partial charge in [-0.3, -0.25) is 14.4 Å². The van der Waals surface area contributed by atoms with E-state index in [-0.39, 0.29) is 36.2 Å². The first-order valence-electron chi connectivity index (χ1n) is 16.8. The first kappa shape index (κ1) is 36.4. The van der Waals surface area contributed by atoms with Gasteiger partial charge in [0.2, 0.25) is 20.1 Å². The summed E-state index contributed by atoms with van der Waals surface area (Å²) in [6.45, 7) is 14.7. The molecule has 1 aliphatic heterocycles. The molecule has 3 amide bonds. The summed E-state index contributed by atoms with van der Waals surface area (Å²) in [7, 11) is -0.402. The summed E-state index contributed by atoms with van der Waals surface area (Å²) in [5, 5.41) is 6.13. The van der Waals surface area contributed by atoms with Crippen molar-refractivity contribution in [3.05, 3.63) is 57.6 Å². The highest BCUT2D eigenvalue weighted by Gasteiger charge is 2.47. The van der Waals surface area contributed by atoms with Crippen LogP contribution in [0.3, 0.4) is 0 Å². The minimum Gasteiger partial charge on any atom is -0.413 e. The van der Waals surface area contributed by atoms with E-state index in [0.29, 0.717) is 44.8 Å². The minimum absolute atomic E-state index is 0.0851. The van der Waals surface area contributed by atoms with Gasteiger partial charge in [-0.1, -0.05) is 76.9 Å². The molecule has 2 aliphatic rings. The molecule has 1 saturated heterocycles.